The van der Waals surface area contributed by atoms with Gasteiger partial charge < -0.3 is 35.0 Å². The lowest BCUT2D eigenvalue weighted by atomic mass is 10.00. The van der Waals surface area contributed by atoms with Crippen LogP contribution in [0.5, 0.6) is 0 Å². The summed E-state index contributed by atoms with van der Waals surface area (Å²) in [5.41, 5.74) is 3.23. The van der Waals surface area contributed by atoms with Crippen molar-refractivity contribution in [3.8, 4) is 11.1 Å². The van der Waals surface area contributed by atoms with E-state index in [-0.39, 0.29) is 26.2 Å². The molecule has 12 heteroatoms. The first-order valence-corrected chi connectivity index (χ1v) is 13.3. The second kappa shape index (κ2) is 11.2. The van der Waals surface area contributed by atoms with Crippen molar-refractivity contribution < 1.29 is 32.9 Å². The molecule has 0 aliphatic carbocycles. The molecule has 3 fully saturated rings. The maximum absolute atomic E-state index is 12.9. The molecule has 0 saturated carbocycles. The highest BCUT2D eigenvalue weighted by Gasteiger charge is 2.36. The van der Waals surface area contributed by atoms with Gasteiger partial charge in [-0.2, -0.15) is 13.2 Å². The number of likely N-dealkylation sites (tertiary alicyclic amines) is 1. The number of nitrogens with one attached hydrogen (secondary N) is 1. The molecule has 1 aromatic heterocycles. The zero-order chi connectivity index (χ0) is 27.7. The number of β-amino-alcohol motifs (C(OH)–C–C–N with tert-alkyl or cyclic N) is 2. The third kappa shape index (κ3) is 6.56. The Hall–Kier alpha value is -3.09. The minimum Gasteiger partial charge on any atom is -0.389 e. The van der Waals surface area contributed by atoms with Crippen molar-refractivity contribution in [2.75, 3.05) is 67.6 Å². The second-order valence-electron chi connectivity index (χ2n) is 10.6. The molecule has 5 rings (SSSR count). The smallest absolute Gasteiger partial charge is 0.389 e. The van der Waals surface area contributed by atoms with E-state index in [0.29, 0.717) is 44.2 Å². The van der Waals surface area contributed by atoms with Crippen LogP contribution in [-0.4, -0.2) is 97.0 Å². The number of aliphatic hydroxyl groups is 2. The fraction of sp³-hybridized carbons (Fsp3) is 0.556. The number of pyridine rings is 1. The molecule has 0 unspecified atom stereocenters. The minimum absolute atomic E-state index is 0.0776. The SMILES string of the molecule is Cc1ccc(NC(=O)N2CC[C@@H](CC(F)(F)F)C2)cc1-c1cc(N2CCOCC2)nc(N2C[C@H](O)[C@@H](O)C2)c1. The van der Waals surface area contributed by atoms with Gasteiger partial charge in [0, 0.05) is 51.4 Å². The molecule has 3 N–H and O–H groups in total. The van der Waals surface area contributed by atoms with Gasteiger partial charge in [-0.15, -0.1) is 0 Å². The van der Waals surface area contributed by atoms with Gasteiger partial charge in [0.15, 0.2) is 0 Å². The number of carbonyl (C=O) groups is 1. The largest absolute Gasteiger partial charge is 0.389 e. The van der Waals surface area contributed by atoms with Crippen LogP contribution in [-0.2, 0) is 4.74 Å². The van der Waals surface area contributed by atoms with Crippen LogP contribution >= 0.6 is 0 Å². The first-order chi connectivity index (χ1) is 18.6. The van der Waals surface area contributed by atoms with Gasteiger partial charge in [-0.05, 0) is 60.2 Å². The number of ether oxygens (including phenoxy) is 1. The van der Waals surface area contributed by atoms with E-state index >= 15 is 0 Å². The van der Waals surface area contributed by atoms with Crippen LogP contribution < -0.4 is 15.1 Å². The Balaban J connectivity index is 1.39. The number of aliphatic hydroxyl groups excluding tert-OH is 2. The first-order valence-electron chi connectivity index (χ1n) is 13.3. The Morgan fingerprint density at radius 1 is 1.03 bits per heavy atom. The number of anilines is 3. The molecule has 4 heterocycles. The van der Waals surface area contributed by atoms with Crippen LogP contribution in [0.25, 0.3) is 11.1 Å². The van der Waals surface area contributed by atoms with Gasteiger partial charge in [0.2, 0.25) is 0 Å². The number of alkyl halides is 3. The molecule has 2 aromatic rings. The van der Waals surface area contributed by atoms with E-state index in [9.17, 15) is 28.2 Å². The molecule has 2 amide bonds. The average molecular weight is 550 g/mol. The quantitative estimate of drug-likeness (QED) is 0.527. The number of aryl methyl sites for hydroxylation is 1. The number of carbonyl (C=O) groups excluding carboxylic acids is 1. The Labute approximate surface area is 225 Å². The van der Waals surface area contributed by atoms with E-state index in [0.717, 1.165) is 22.5 Å². The summed E-state index contributed by atoms with van der Waals surface area (Å²) in [4.78, 5) is 23.1. The predicted molar refractivity (Wildman–Crippen MR) is 141 cm³/mol. The molecule has 3 aliphatic rings. The topological polar surface area (TPSA) is 101 Å². The molecule has 0 radical (unpaired) electrons. The lowest BCUT2D eigenvalue weighted by molar-refractivity contribution is -0.143. The predicted octanol–water partition coefficient (Wildman–Crippen LogP) is 3.24. The van der Waals surface area contributed by atoms with Crippen molar-refractivity contribution in [1.29, 1.82) is 0 Å². The Bertz CT molecular complexity index is 1180. The fourth-order valence-corrected chi connectivity index (χ4v) is 5.45. The molecule has 3 atom stereocenters. The zero-order valence-corrected chi connectivity index (χ0v) is 21.8. The van der Waals surface area contributed by atoms with Crippen molar-refractivity contribution >= 4 is 23.4 Å². The molecule has 212 valence electrons. The van der Waals surface area contributed by atoms with E-state index in [2.05, 4.69) is 10.2 Å². The number of hydrogen-bond acceptors (Lipinski definition) is 7. The number of morpholine rings is 1. The van der Waals surface area contributed by atoms with E-state index in [1.165, 1.54) is 4.90 Å². The number of hydrogen-bond donors (Lipinski definition) is 3. The average Bonchev–Trinajstić information content (AvgIpc) is 3.50. The van der Waals surface area contributed by atoms with Gasteiger partial charge in [-0.3, -0.25) is 0 Å². The third-order valence-corrected chi connectivity index (χ3v) is 7.61. The highest BCUT2D eigenvalue weighted by Crippen LogP contribution is 2.34. The van der Waals surface area contributed by atoms with E-state index in [4.69, 9.17) is 9.72 Å². The summed E-state index contributed by atoms with van der Waals surface area (Å²) in [6.07, 6.45) is -6.51. The van der Waals surface area contributed by atoms with Gasteiger partial charge in [0.1, 0.15) is 11.6 Å². The van der Waals surface area contributed by atoms with Crippen LogP contribution in [0, 0.1) is 12.8 Å². The number of halogens is 3. The molecule has 3 aliphatic heterocycles. The zero-order valence-electron chi connectivity index (χ0n) is 21.8. The van der Waals surface area contributed by atoms with Crippen molar-refractivity contribution in [1.82, 2.24) is 9.88 Å². The van der Waals surface area contributed by atoms with Crippen molar-refractivity contribution in [2.24, 2.45) is 5.92 Å². The molecule has 9 nitrogen and oxygen atoms in total. The minimum atomic E-state index is -4.24. The van der Waals surface area contributed by atoms with Crippen LogP contribution in [0.2, 0.25) is 0 Å². The Morgan fingerprint density at radius 3 is 2.36 bits per heavy atom. The van der Waals surface area contributed by atoms with Crippen molar-refractivity contribution in [3.63, 3.8) is 0 Å². The molecular weight excluding hydrogens is 515 g/mol. The van der Waals surface area contributed by atoms with Crippen molar-refractivity contribution in [2.45, 2.75) is 38.1 Å². The number of benzene rings is 1. The summed E-state index contributed by atoms with van der Waals surface area (Å²) in [6.45, 7) is 5.39. The first kappa shape index (κ1) is 27.5. The molecule has 0 spiro atoms. The van der Waals surface area contributed by atoms with Gasteiger partial charge in [0.25, 0.3) is 0 Å². The van der Waals surface area contributed by atoms with E-state index in [1.807, 2.05) is 36.1 Å². The van der Waals surface area contributed by atoms with Crippen LogP contribution in [0.3, 0.4) is 0 Å². The molecule has 3 saturated heterocycles. The summed E-state index contributed by atoms with van der Waals surface area (Å²) in [5.74, 6) is 0.801. The summed E-state index contributed by atoms with van der Waals surface area (Å²) < 4.78 is 43.8. The highest BCUT2D eigenvalue weighted by atomic mass is 19.4. The standard InChI is InChI=1S/C27H34F3N5O4/c1-17-2-3-20(31-26(38)34-5-4-18(14-34)13-27(28,29)30)12-21(17)19-10-24(33-6-8-39-9-7-33)32-25(11-19)35-15-22(36)23(37)16-35/h2-3,10-12,18,22-23,36-37H,4-9,13-16H2,1H3,(H,31,38)/t18-,22-,23-/m0/s1. The number of amides is 2. The fourth-order valence-electron chi connectivity index (χ4n) is 5.45. The lowest BCUT2D eigenvalue weighted by Gasteiger charge is -2.29. The monoisotopic (exact) mass is 549 g/mol. The van der Waals surface area contributed by atoms with Crippen molar-refractivity contribution in [3.05, 3.63) is 35.9 Å². The highest BCUT2D eigenvalue weighted by molar-refractivity contribution is 5.91. The summed E-state index contributed by atoms with van der Waals surface area (Å²) in [7, 11) is 0. The molecular formula is C27H34F3N5O4. The summed E-state index contributed by atoms with van der Waals surface area (Å²) in [5, 5.41) is 23.1. The summed E-state index contributed by atoms with van der Waals surface area (Å²) >= 11 is 0. The molecule has 1 aromatic carbocycles. The maximum atomic E-state index is 12.9. The Morgan fingerprint density at radius 2 is 1.69 bits per heavy atom. The van der Waals surface area contributed by atoms with Crippen LogP contribution in [0.15, 0.2) is 30.3 Å². The summed E-state index contributed by atoms with van der Waals surface area (Å²) in [6, 6.07) is 8.99. The van der Waals surface area contributed by atoms with Gasteiger partial charge in [-0.1, -0.05) is 6.07 Å². The maximum Gasteiger partial charge on any atom is 0.389 e. The van der Waals surface area contributed by atoms with E-state index < -0.39 is 36.8 Å². The Kier molecular flexibility index (Phi) is 7.88. The van der Waals surface area contributed by atoms with Crippen LogP contribution in [0.1, 0.15) is 18.4 Å². The third-order valence-electron chi connectivity index (χ3n) is 7.61. The van der Waals surface area contributed by atoms with E-state index in [1.54, 1.807) is 6.07 Å². The lowest BCUT2D eigenvalue weighted by Crippen LogP contribution is -2.37. The number of aromatic nitrogens is 1. The second-order valence-corrected chi connectivity index (χ2v) is 10.6. The van der Waals surface area contributed by atoms with Gasteiger partial charge in [-0.25, -0.2) is 9.78 Å². The van der Waals surface area contributed by atoms with Crippen LogP contribution in [0.4, 0.5) is 35.3 Å². The van der Waals surface area contributed by atoms with Gasteiger partial charge >= 0.3 is 12.2 Å². The van der Waals surface area contributed by atoms with Gasteiger partial charge in [0.05, 0.1) is 25.4 Å². The molecule has 0 bridgehead atoms. The normalized spacial score (nSPS) is 23.9. The molecule has 39 heavy (non-hydrogen) atoms. The number of nitrogens with zero attached hydrogens (tertiary/aromatic N) is 4. The number of urea groups is 1. The number of rotatable bonds is 5.